The maximum absolute atomic E-state index is 9.07. The van der Waals surface area contributed by atoms with Gasteiger partial charge in [0.1, 0.15) is 0 Å². The fourth-order valence-electron chi connectivity index (χ4n) is 0.716. The van der Waals surface area contributed by atoms with Crippen molar-refractivity contribution in [3.63, 3.8) is 0 Å². The first-order chi connectivity index (χ1) is 6.54. The first-order valence-corrected chi connectivity index (χ1v) is 3.70. The molecule has 0 radical (unpaired) electrons. The van der Waals surface area contributed by atoms with Gasteiger partial charge in [-0.05, 0) is 0 Å². The molecule has 14 heavy (non-hydrogen) atoms. The van der Waals surface area contributed by atoms with Crippen molar-refractivity contribution in [3.05, 3.63) is 0 Å². The van der Waals surface area contributed by atoms with E-state index in [1.54, 1.807) is 0 Å². The van der Waals surface area contributed by atoms with Crippen molar-refractivity contribution in [3.8, 4) is 6.01 Å². The zero-order chi connectivity index (χ0) is 10.7. The van der Waals surface area contributed by atoms with E-state index in [4.69, 9.17) is 15.2 Å². The van der Waals surface area contributed by atoms with E-state index >= 15 is 0 Å². The fraction of sp³-hybridized carbons (Fsp3) is 0.500. The quantitative estimate of drug-likeness (QED) is 0.634. The summed E-state index contributed by atoms with van der Waals surface area (Å²) < 4.78 is 4.76. The van der Waals surface area contributed by atoms with Crippen LogP contribution in [0.15, 0.2) is 0 Å². The van der Waals surface area contributed by atoms with Crippen LogP contribution < -0.4 is 14.9 Å². The largest absolute Gasteiger partial charge is 0.467 e. The van der Waals surface area contributed by atoms with Gasteiger partial charge in [0.05, 0.1) is 7.11 Å². The molecule has 0 fully saturated rings. The highest BCUT2D eigenvalue weighted by Gasteiger charge is 2.11. The SMILES string of the molecule is COc1nc(N(C)O)nc(N(C)O)n1. The van der Waals surface area contributed by atoms with Crippen LogP contribution in [0.4, 0.5) is 11.9 Å². The van der Waals surface area contributed by atoms with Gasteiger partial charge in [0.25, 0.3) is 11.9 Å². The highest BCUT2D eigenvalue weighted by molar-refractivity contribution is 5.35. The molecule has 1 rings (SSSR count). The van der Waals surface area contributed by atoms with E-state index in [1.165, 1.54) is 21.2 Å². The zero-order valence-electron chi connectivity index (χ0n) is 8.04. The minimum Gasteiger partial charge on any atom is -0.467 e. The molecule has 0 saturated heterocycles. The van der Waals surface area contributed by atoms with E-state index in [-0.39, 0.29) is 17.9 Å². The Labute approximate surface area is 80.3 Å². The summed E-state index contributed by atoms with van der Waals surface area (Å²) in [5.41, 5.74) is 0. The summed E-state index contributed by atoms with van der Waals surface area (Å²) in [5, 5.41) is 19.5. The normalized spacial score (nSPS) is 9.79. The molecule has 0 atom stereocenters. The Kier molecular flexibility index (Phi) is 2.99. The summed E-state index contributed by atoms with van der Waals surface area (Å²) in [6.07, 6.45) is 0. The third-order valence-corrected chi connectivity index (χ3v) is 1.35. The molecule has 1 aromatic heterocycles. The van der Waals surface area contributed by atoms with E-state index in [9.17, 15) is 0 Å². The van der Waals surface area contributed by atoms with Crippen molar-refractivity contribution < 1.29 is 15.2 Å². The van der Waals surface area contributed by atoms with Crippen LogP contribution in [-0.2, 0) is 0 Å². The van der Waals surface area contributed by atoms with Gasteiger partial charge in [-0.1, -0.05) is 0 Å². The fourth-order valence-corrected chi connectivity index (χ4v) is 0.716. The first-order valence-electron chi connectivity index (χ1n) is 3.70. The molecule has 8 nitrogen and oxygen atoms in total. The van der Waals surface area contributed by atoms with E-state index in [0.29, 0.717) is 10.1 Å². The standard InChI is InChI=1S/C6H11N5O3/c1-10(12)4-7-5(11(2)13)9-6(8-4)14-3/h12-13H,1-3H3. The highest BCUT2D eigenvalue weighted by atomic mass is 16.5. The number of ether oxygens (including phenoxy) is 1. The third kappa shape index (κ3) is 2.18. The number of nitrogens with zero attached hydrogens (tertiary/aromatic N) is 5. The summed E-state index contributed by atoms with van der Waals surface area (Å²) in [5.74, 6) is -0.0412. The molecule has 2 N–H and O–H groups in total. The minimum atomic E-state index is -0.0206. The van der Waals surface area contributed by atoms with Gasteiger partial charge in [0, 0.05) is 14.1 Å². The number of aromatic nitrogens is 3. The second-order valence-corrected chi connectivity index (χ2v) is 2.47. The lowest BCUT2D eigenvalue weighted by atomic mass is 10.8. The second kappa shape index (κ2) is 4.03. The van der Waals surface area contributed by atoms with E-state index in [2.05, 4.69) is 15.0 Å². The van der Waals surface area contributed by atoms with Crippen LogP contribution in [0, 0.1) is 0 Å². The van der Waals surface area contributed by atoms with Crippen molar-refractivity contribution in [1.29, 1.82) is 0 Å². The second-order valence-electron chi connectivity index (χ2n) is 2.47. The molecule has 0 unspecified atom stereocenters. The molecule has 1 aromatic rings. The molecule has 0 aliphatic heterocycles. The maximum Gasteiger partial charge on any atom is 0.322 e. The van der Waals surface area contributed by atoms with Crippen molar-refractivity contribution in [1.82, 2.24) is 15.0 Å². The summed E-state index contributed by atoms with van der Waals surface area (Å²) >= 11 is 0. The highest BCUT2D eigenvalue weighted by Crippen LogP contribution is 2.13. The van der Waals surface area contributed by atoms with E-state index < -0.39 is 0 Å². The third-order valence-electron chi connectivity index (χ3n) is 1.35. The average Bonchev–Trinajstić information content (AvgIpc) is 2.16. The lowest BCUT2D eigenvalue weighted by Gasteiger charge is -2.12. The van der Waals surface area contributed by atoms with Crippen LogP contribution in [0.2, 0.25) is 0 Å². The zero-order valence-corrected chi connectivity index (χ0v) is 8.04. The van der Waals surface area contributed by atoms with Crippen LogP contribution in [0.1, 0.15) is 0 Å². The molecular formula is C6H11N5O3. The molecule has 0 saturated carbocycles. The van der Waals surface area contributed by atoms with Crippen LogP contribution in [0.25, 0.3) is 0 Å². The van der Waals surface area contributed by atoms with E-state index in [0.717, 1.165) is 0 Å². The average molecular weight is 201 g/mol. The number of methoxy groups -OCH3 is 1. The topological polar surface area (TPSA) is 94.8 Å². The molecule has 0 aliphatic rings. The van der Waals surface area contributed by atoms with Gasteiger partial charge >= 0.3 is 6.01 Å². The van der Waals surface area contributed by atoms with Gasteiger partial charge in [0.15, 0.2) is 0 Å². The summed E-state index contributed by atoms with van der Waals surface area (Å²) in [6, 6.07) is 0.00630. The Morgan fingerprint density at radius 2 is 1.43 bits per heavy atom. The van der Waals surface area contributed by atoms with Gasteiger partial charge in [-0.25, -0.2) is 10.1 Å². The number of hydrogen-bond donors (Lipinski definition) is 2. The monoisotopic (exact) mass is 201 g/mol. The Bertz CT molecular complexity index is 290. The number of rotatable bonds is 3. The Morgan fingerprint density at radius 1 is 1.00 bits per heavy atom. The summed E-state index contributed by atoms with van der Waals surface area (Å²) in [6.45, 7) is 0. The molecule has 0 aliphatic carbocycles. The predicted molar refractivity (Wildman–Crippen MR) is 46.8 cm³/mol. The lowest BCUT2D eigenvalue weighted by Crippen LogP contribution is -2.19. The van der Waals surface area contributed by atoms with Crippen LogP contribution in [0.3, 0.4) is 0 Å². The maximum atomic E-state index is 9.07. The van der Waals surface area contributed by atoms with Crippen molar-refractivity contribution in [2.24, 2.45) is 0 Å². The van der Waals surface area contributed by atoms with Gasteiger partial charge in [0.2, 0.25) is 0 Å². The molecule has 0 bridgehead atoms. The smallest absolute Gasteiger partial charge is 0.322 e. The molecule has 0 spiro atoms. The van der Waals surface area contributed by atoms with Crippen LogP contribution in [-0.4, -0.2) is 46.6 Å². The molecule has 1 heterocycles. The van der Waals surface area contributed by atoms with Gasteiger partial charge in [-0.3, -0.25) is 10.4 Å². The van der Waals surface area contributed by atoms with Gasteiger partial charge in [-0.15, -0.1) is 0 Å². The molecule has 78 valence electrons. The first kappa shape index (κ1) is 10.4. The van der Waals surface area contributed by atoms with Crippen LogP contribution in [0.5, 0.6) is 6.01 Å². The molecular weight excluding hydrogens is 190 g/mol. The molecule has 8 heteroatoms. The Hall–Kier alpha value is -1.67. The minimum absolute atomic E-state index is 0.00630. The van der Waals surface area contributed by atoms with Crippen molar-refractivity contribution in [2.75, 3.05) is 31.3 Å². The van der Waals surface area contributed by atoms with Crippen LogP contribution >= 0.6 is 0 Å². The van der Waals surface area contributed by atoms with Gasteiger partial charge in [-0.2, -0.15) is 15.0 Å². The summed E-state index contributed by atoms with van der Waals surface area (Å²) in [7, 11) is 4.06. The lowest BCUT2D eigenvalue weighted by molar-refractivity contribution is 0.259. The van der Waals surface area contributed by atoms with Crippen molar-refractivity contribution in [2.45, 2.75) is 0 Å². The van der Waals surface area contributed by atoms with Gasteiger partial charge < -0.3 is 4.74 Å². The molecule has 0 aromatic carbocycles. The number of anilines is 2. The van der Waals surface area contributed by atoms with Crippen molar-refractivity contribution >= 4 is 11.9 Å². The van der Waals surface area contributed by atoms with E-state index in [1.807, 2.05) is 0 Å². The number of hydrogen-bond acceptors (Lipinski definition) is 8. The Morgan fingerprint density at radius 3 is 1.71 bits per heavy atom. The summed E-state index contributed by atoms with van der Waals surface area (Å²) in [4.78, 5) is 11.2. The Balaban J connectivity index is 3.13. The molecule has 0 amide bonds. The predicted octanol–water partition coefficient (Wildman–Crippen LogP) is -0.469. The number of hydroxylamine groups is 2.